The van der Waals surface area contributed by atoms with Gasteiger partial charge in [-0.25, -0.2) is 13.4 Å². The summed E-state index contributed by atoms with van der Waals surface area (Å²) in [6, 6.07) is 14.8. The third-order valence-corrected chi connectivity index (χ3v) is 7.70. The van der Waals surface area contributed by atoms with Crippen molar-refractivity contribution in [2.24, 2.45) is 0 Å². The number of aromatic nitrogens is 2. The molecule has 0 aliphatic carbocycles. The van der Waals surface area contributed by atoms with Crippen molar-refractivity contribution >= 4 is 32.8 Å². The van der Waals surface area contributed by atoms with Gasteiger partial charge in [0.1, 0.15) is 5.75 Å². The van der Waals surface area contributed by atoms with Gasteiger partial charge >= 0.3 is 0 Å². The van der Waals surface area contributed by atoms with Gasteiger partial charge in [-0.15, -0.1) is 0 Å². The molecule has 0 N–H and O–H groups in total. The maximum atomic E-state index is 12.9. The summed E-state index contributed by atoms with van der Waals surface area (Å²) < 4.78 is 34.5. The normalized spacial score (nSPS) is 11.7. The quantitative estimate of drug-likeness (QED) is 0.365. The van der Waals surface area contributed by atoms with Crippen LogP contribution in [-0.2, 0) is 10.0 Å². The number of fused-ring (bicyclic) bond motifs is 1. The van der Waals surface area contributed by atoms with Crippen molar-refractivity contribution in [2.75, 3.05) is 26.0 Å². The topological polar surface area (TPSA) is 88.2 Å². The molecule has 1 aromatic heterocycles. The number of ether oxygens (including phenoxy) is 1. The van der Waals surface area contributed by atoms with Crippen LogP contribution in [0.3, 0.4) is 0 Å². The molecule has 7 nitrogen and oxygen atoms in total. The Morgan fingerprint density at radius 3 is 2.47 bits per heavy atom. The second kappa shape index (κ2) is 9.51. The number of benzene rings is 2. The van der Waals surface area contributed by atoms with Gasteiger partial charge < -0.3 is 4.74 Å². The molecule has 0 atom stereocenters. The van der Waals surface area contributed by atoms with Crippen LogP contribution in [0.5, 0.6) is 5.75 Å². The van der Waals surface area contributed by atoms with Gasteiger partial charge in [-0.1, -0.05) is 25.6 Å². The first-order valence-electron chi connectivity index (χ1n) is 9.63. The zero-order valence-electron chi connectivity index (χ0n) is 17.2. The molecule has 0 fully saturated rings. The maximum absolute atomic E-state index is 12.9. The standard InChI is InChI=1S/C21H24N4O3S2/c1-4-24(5-2)30(26,27)18-11-12-20-19(15-18)23-21(29-14-6-13-22)25(20)16-7-9-17(28-3)10-8-16/h7-12,15H,4-6,14H2,1-3H3. The lowest BCUT2D eigenvalue weighted by Crippen LogP contribution is -2.30. The summed E-state index contributed by atoms with van der Waals surface area (Å²) in [7, 11) is -1.96. The molecule has 9 heteroatoms. The first-order chi connectivity index (χ1) is 14.5. The van der Waals surface area contributed by atoms with Gasteiger partial charge in [-0.3, -0.25) is 4.57 Å². The number of nitrogens with zero attached hydrogens (tertiary/aromatic N) is 4. The summed E-state index contributed by atoms with van der Waals surface area (Å²) in [6.07, 6.45) is 0.401. The molecule has 0 aliphatic rings. The number of methoxy groups -OCH3 is 1. The monoisotopic (exact) mass is 444 g/mol. The minimum atomic E-state index is -3.57. The summed E-state index contributed by atoms with van der Waals surface area (Å²) in [5.74, 6) is 1.34. The molecule has 2 aromatic carbocycles. The average molecular weight is 445 g/mol. The average Bonchev–Trinajstić information content (AvgIpc) is 3.12. The highest BCUT2D eigenvalue weighted by molar-refractivity contribution is 7.99. The Balaban J connectivity index is 2.13. The van der Waals surface area contributed by atoms with Crippen LogP contribution in [0.25, 0.3) is 16.7 Å². The number of nitriles is 1. The molecule has 0 saturated carbocycles. The fourth-order valence-electron chi connectivity index (χ4n) is 3.18. The van der Waals surface area contributed by atoms with E-state index in [0.29, 0.717) is 35.9 Å². The van der Waals surface area contributed by atoms with Crippen molar-refractivity contribution in [3.05, 3.63) is 42.5 Å². The smallest absolute Gasteiger partial charge is 0.243 e. The van der Waals surface area contributed by atoms with E-state index >= 15 is 0 Å². The van der Waals surface area contributed by atoms with E-state index in [1.165, 1.54) is 16.1 Å². The molecule has 0 aliphatic heterocycles. The maximum Gasteiger partial charge on any atom is 0.243 e. The number of sulfonamides is 1. The Hall–Kier alpha value is -2.54. The molecule has 0 radical (unpaired) electrons. The zero-order valence-corrected chi connectivity index (χ0v) is 18.8. The summed E-state index contributed by atoms with van der Waals surface area (Å²) in [4.78, 5) is 4.92. The van der Waals surface area contributed by atoms with E-state index in [4.69, 9.17) is 15.0 Å². The third-order valence-electron chi connectivity index (χ3n) is 4.71. The number of hydrogen-bond donors (Lipinski definition) is 0. The highest BCUT2D eigenvalue weighted by Crippen LogP contribution is 2.31. The number of imidazole rings is 1. The number of hydrogen-bond acceptors (Lipinski definition) is 6. The number of thioether (sulfide) groups is 1. The Bertz CT molecular complexity index is 1160. The van der Waals surface area contributed by atoms with Gasteiger partial charge in [0.05, 0.1) is 29.1 Å². The van der Waals surface area contributed by atoms with Gasteiger partial charge in [-0.2, -0.15) is 9.57 Å². The van der Waals surface area contributed by atoms with Gasteiger partial charge in [0.25, 0.3) is 0 Å². The summed E-state index contributed by atoms with van der Waals surface area (Å²) in [6.45, 7) is 4.46. The SMILES string of the molecule is CCN(CC)S(=O)(=O)c1ccc2c(c1)nc(SCCC#N)n2-c1ccc(OC)cc1. The lowest BCUT2D eigenvalue weighted by Gasteiger charge is -2.18. The van der Waals surface area contributed by atoms with E-state index < -0.39 is 10.0 Å². The van der Waals surface area contributed by atoms with Crippen molar-refractivity contribution in [3.63, 3.8) is 0 Å². The molecule has 0 bridgehead atoms. The molecule has 30 heavy (non-hydrogen) atoms. The van der Waals surface area contributed by atoms with Crippen LogP contribution >= 0.6 is 11.8 Å². The van der Waals surface area contributed by atoms with Crippen LogP contribution in [0.1, 0.15) is 20.3 Å². The first-order valence-corrected chi connectivity index (χ1v) is 12.1. The van der Waals surface area contributed by atoms with Crippen LogP contribution in [-0.4, -0.2) is 48.2 Å². The second-order valence-corrected chi connectivity index (χ2v) is 9.42. The van der Waals surface area contributed by atoms with Crippen molar-refractivity contribution in [1.82, 2.24) is 13.9 Å². The van der Waals surface area contributed by atoms with Gasteiger partial charge in [0, 0.05) is 31.0 Å². The lowest BCUT2D eigenvalue weighted by molar-refractivity contribution is 0.414. The van der Waals surface area contributed by atoms with Crippen LogP contribution in [0.15, 0.2) is 52.5 Å². The van der Waals surface area contributed by atoms with Crippen molar-refractivity contribution in [1.29, 1.82) is 5.26 Å². The molecular weight excluding hydrogens is 420 g/mol. The molecule has 3 rings (SSSR count). The zero-order chi connectivity index (χ0) is 21.7. The molecule has 3 aromatic rings. The predicted octanol–water partition coefficient (Wildman–Crippen LogP) is 4.07. The fraction of sp³-hybridized carbons (Fsp3) is 0.333. The van der Waals surface area contributed by atoms with E-state index in [-0.39, 0.29) is 4.90 Å². The van der Waals surface area contributed by atoms with Crippen molar-refractivity contribution < 1.29 is 13.2 Å². The van der Waals surface area contributed by atoms with Crippen LogP contribution < -0.4 is 4.74 Å². The van der Waals surface area contributed by atoms with Gasteiger partial charge in [-0.05, 0) is 42.5 Å². The Morgan fingerprint density at radius 1 is 1.17 bits per heavy atom. The van der Waals surface area contributed by atoms with Crippen LogP contribution in [0, 0.1) is 11.3 Å². The molecule has 0 amide bonds. The van der Waals surface area contributed by atoms with E-state index in [0.717, 1.165) is 17.0 Å². The van der Waals surface area contributed by atoms with Crippen LogP contribution in [0.2, 0.25) is 0 Å². The lowest BCUT2D eigenvalue weighted by atomic mass is 10.2. The minimum absolute atomic E-state index is 0.228. The van der Waals surface area contributed by atoms with E-state index in [1.807, 2.05) is 42.7 Å². The van der Waals surface area contributed by atoms with Gasteiger partial charge in [0.2, 0.25) is 10.0 Å². The molecular formula is C21H24N4O3S2. The minimum Gasteiger partial charge on any atom is -0.497 e. The van der Waals surface area contributed by atoms with Gasteiger partial charge in [0.15, 0.2) is 5.16 Å². The summed E-state index contributed by atoms with van der Waals surface area (Å²) in [5.41, 5.74) is 2.29. The Kier molecular flexibility index (Phi) is 7.02. The summed E-state index contributed by atoms with van der Waals surface area (Å²) >= 11 is 1.47. The highest BCUT2D eigenvalue weighted by atomic mass is 32.2. The van der Waals surface area contributed by atoms with E-state index in [1.54, 1.807) is 25.3 Å². The van der Waals surface area contributed by atoms with Crippen LogP contribution in [0.4, 0.5) is 0 Å². The Labute approximate surface area is 181 Å². The molecule has 0 spiro atoms. The predicted molar refractivity (Wildman–Crippen MR) is 119 cm³/mol. The largest absolute Gasteiger partial charge is 0.497 e. The van der Waals surface area contributed by atoms with Crippen molar-refractivity contribution in [2.45, 2.75) is 30.3 Å². The molecule has 1 heterocycles. The third kappa shape index (κ3) is 4.31. The Morgan fingerprint density at radius 2 is 1.87 bits per heavy atom. The molecule has 0 saturated heterocycles. The second-order valence-electron chi connectivity index (χ2n) is 6.42. The fourth-order valence-corrected chi connectivity index (χ4v) is 5.53. The molecule has 158 valence electrons. The summed E-state index contributed by atoms with van der Waals surface area (Å²) in [5, 5.41) is 9.59. The molecule has 0 unspecified atom stereocenters. The number of rotatable bonds is 9. The highest BCUT2D eigenvalue weighted by Gasteiger charge is 2.23. The van der Waals surface area contributed by atoms with E-state index in [2.05, 4.69) is 6.07 Å². The van der Waals surface area contributed by atoms with Crippen molar-refractivity contribution in [3.8, 4) is 17.5 Å². The van der Waals surface area contributed by atoms with E-state index in [9.17, 15) is 8.42 Å². The first kappa shape index (κ1) is 22.2.